The standard InChI is InChI=1S/C21H21F3N4O3.2C2H6/c1-4-13-9-15(17(30)10-16(13)29)18-26-27-19(20(31)25-12(3)21(22,23)24)28(18)14-7-5-11(2)6-8-14;2*1-2/h5-10,12,29-30H,4H2,1-3H3,(H,25,31);2*1-2H3. The number of carbonyl (C=O) groups is 1. The van der Waals surface area contributed by atoms with Gasteiger partial charge in [-0.1, -0.05) is 52.3 Å². The molecule has 1 atom stereocenters. The molecule has 0 aliphatic heterocycles. The van der Waals surface area contributed by atoms with Gasteiger partial charge >= 0.3 is 6.18 Å². The first-order valence-electron chi connectivity index (χ1n) is 11.5. The maximum absolute atomic E-state index is 12.9. The van der Waals surface area contributed by atoms with Gasteiger partial charge in [-0.15, -0.1) is 10.2 Å². The lowest BCUT2D eigenvalue weighted by Crippen LogP contribution is -2.43. The summed E-state index contributed by atoms with van der Waals surface area (Å²) >= 11 is 0. The first-order valence-corrected chi connectivity index (χ1v) is 11.5. The fourth-order valence-electron chi connectivity index (χ4n) is 2.97. The van der Waals surface area contributed by atoms with Crippen LogP contribution in [0.4, 0.5) is 13.2 Å². The fraction of sp³-hybridized carbons (Fsp3) is 0.400. The van der Waals surface area contributed by atoms with E-state index in [1.165, 1.54) is 10.6 Å². The maximum atomic E-state index is 12.9. The molecule has 7 nitrogen and oxygen atoms in total. The number of alkyl halides is 3. The van der Waals surface area contributed by atoms with Crippen LogP contribution in [0.15, 0.2) is 36.4 Å². The van der Waals surface area contributed by atoms with E-state index in [-0.39, 0.29) is 28.7 Å². The molecule has 1 heterocycles. The van der Waals surface area contributed by atoms with Crippen LogP contribution in [0, 0.1) is 6.92 Å². The third-order valence-corrected chi connectivity index (χ3v) is 4.82. The Kier molecular flexibility index (Phi) is 10.8. The third kappa shape index (κ3) is 6.97. The molecule has 2 aromatic carbocycles. The first-order chi connectivity index (χ1) is 16.5. The summed E-state index contributed by atoms with van der Waals surface area (Å²) in [5.74, 6) is -1.83. The number of hydrogen-bond acceptors (Lipinski definition) is 5. The predicted molar refractivity (Wildman–Crippen MR) is 130 cm³/mol. The molecular weight excluding hydrogens is 461 g/mol. The highest BCUT2D eigenvalue weighted by atomic mass is 19.4. The Morgan fingerprint density at radius 3 is 2.11 bits per heavy atom. The number of phenols is 2. The van der Waals surface area contributed by atoms with E-state index in [4.69, 9.17) is 0 Å². The molecule has 35 heavy (non-hydrogen) atoms. The molecule has 3 aromatic rings. The summed E-state index contributed by atoms with van der Waals surface area (Å²) in [6.45, 7) is 12.5. The lowest BCUT2D eigenvalue weighted by atomic mass is 10.1. The number of carbonyl (C=O) groups excluding carboxylic acids is 1. The van der Waals surface area contributed by atoms with Gasteiger partial charge in [0.05, 0.1) is 5.56 Å². The van der Waals surface area contributed by atoms with Gasteiger partial charge in [0.25, 0.3) is 5.91 Å². The maximum Gasteiger partial charge on any atom is 0.408 e. The number of nitrogens with one attached hydrogen (secondary N) is 1. The number of rotatable bonds is 5. The van der Waals surface area contributed by atoms with Crippen LogP contribution < -0.4 is 5.32 Å². The summed E-state index contributed by atoms with van der Waals surface area (Å²) in [6.07, 6.45) is -4.17. The van der Waals surface area contributed by atoms with E-state index < -0.39 is 18.1 Å². The van der Waals surface area contributed by atoms with Gasteiger partial charge in [-0.2, -0.15) is 13.2 Å². The minimum atomic E-state index is -4.63. The number of nitrogens with zero attached hydrogens (tertiary/aromatic N) is 3. The molecule has 0 saturated carbocycles. The van der Waals surface area contributed by atoms with Crippen molar-refractivity contribution >= 4 is 5.91 Å². The lowest BCUT2D eigenvalue weighted by molar-refractivity contribution is -0.149. The molecule has 192 valence electrons. The smallest absolute Gasteiger partial charge is 0.408 e. The Hall–Kier alpha value is -3.56. The van der Waals surface area contributed by atoms with Crippen molar-refractivity contribution in [1.29, 1.82) is 0 Å². The second-order valence-electron chi connectivity index (χ2n) is 7.11. The van der Waals surface area contributed by atoms with Crippen molar-refractivity contribution in [2.75, 3.05) is 0 Å². The summed E-state index contributed by atoms with van der Waals surface area (Å²) in [4.78, 5) is 12.6. The van der Waals surface area contributed by atoms with Gasteiger partial charge in [0, 0.05) is 11.8 Å². The molecule has 0 aliphatic carbocycles. The molecule has 0 bridgehead atoms. The highest BCUT2D eigenvalue weighted by Crippen LogP contribution is 2.35. The van der Waals surface area contributed by atoms with E-state index in [0.717, 1.165) is 18.6 Å². The Morgan fingerprint density at radius 1 is 1.03 bits per heavy atom. The van der Waals surface area contributed by atoms with Crippen LogP contribution in [-0.2, 0) is 6.42 Å². The number of phenolic OH excluding ortho intramolecular Hbond substituents is 2. The number of amides is 1. The quantitative estimate of drug-likeness (QED) is 0.407. The zero-order chi connectivity index (χ0) is 26.9. The summed E-state index contributed by atoms with van der Waals surface area (Å²) < 4.78 is 40.0. The fourth-order valence-corrected chi connectivity index (χ4v) is 2.97. The number of aromatic nitrogens is 3. The summed E-state index contributed by atoms with van der Waals surface area (Å²) in [5, 5.41) is 30.0. The minimum Gasteiger partial charge on any atom is -0.508 e. The largest absolute Gasteiger partial charge is 0.508 e. The van der Waals surface area contributed by atoms with Crippen LogP contribution >= 0.6 is 0 Å². The highest BCUT2D eigenvalue weighted by molar-refractivity contribution is 5.92. The van der Waals surface area contributed by atoms with Crippen molar-refractivity contribution in [1.82, 2.24) is 20.1 Å². The average molecular weight is 495 g/mol. The van der Waals surface area contributed by atoms with Crippen molar-refractivity contribution in [2.45, 2.75) is 67.1 Å². The van der Waals surface area contributed by atoms with E-state index in [1.807, 2.05) is 39.9 Å². The van der Waals surface area contributed by atoms with Crippen molar-refractivity contribution in [2.24, 2.45) is 0 Å². The van der Waals surface area contributed by atoms with E-state index in [9.17, 15) is 28.2 Å². The van der Waals surface area contributed by atoms with Crippen LogP contribution in [0.1, 0.15) is 63.3 Å². The van der Waals surface area contributed by atoms with E-state index >= 15 is 0 Å². The first kappa shape index (κ1) is 29.5. The van der Waals surface area contributed by atoms with Crippen molar-refractivity contribution in [3.63, 3.8) is 0 Å². The van der Waals surface area contributed by atoms with Crippen LogP contribution in [0.3, 0.4) is 0 Å². The second-order valence-corrected chi connectivity index (χ2v) is 7.11. The number of benzene rings is 2. The Morgan fingerprint density at radius 2 is 1.60 bits per heavy atom. The predicted octanol–water partition coefficient (Wildman–Crippen LogP) is 5.95. The normalized spacial score (nSPS) is 11.5. The number of halogens is 3. The van der Waals surface area contributed by atoms with Crippen molar-refractivity contribution < 1.29 is 28.2 Å². The molecule has 3 N–H and O–H groups in total. The molecule has 0 fully saturated rings. The van der Waals surface area contributed by atoms with Gasteiger partial charge in [-0.25, -0.2) is 0 Å². The summed E-state index contributed by atoms with van der Waals surface area (Å²) in [5.41, 5.74) is 2.03. The van der Waals surface area contributed by atoms with Gasteiger partial charge < -0.3 is 15.5 Å². The van der Waals surface area contributed by atoms with Gasteiger partial charge in [0.1, 0.15) is 17.5 Å². The molecule has 0 saturated heterocycles. The molecular formula is C25H33F3N4O3. The van der Waals surface area contributed by atoms with Crippen LogP contribution in [0.5, 0.6) is 11.5 Å². The zero-order valence-corrected chi connectivity index (χ0v) is 21.0. The molecule has 0 radical (unpaired) electrons. The summed E-state index contributed by atoms with van der Waals surface area (Å²) in [7, 11) is 0. The second kappa shape index (κ2) is 12.8. The monoisotopic (exact) mass is 494 g/mol. The van der Waals surface area contributed by atoms with Gasteiger partial charge in [0.2, 0.25) is 5.82 Å². The van der Waals surface area contributed by atoms with Crippen LogP contribution in [0.25, 0.3) is 17.1 Å². The van der Waals surface area contributed by atoms with Crippen molar-refractivity contribution in [3.05, 3.63) is 53.3 Å². The Bertz CT molecular complexity index is 1110. The molecule has 1 amide bonds. The van der Waals surface area contributed by atoms with Gasteiger partial charge in [-0.3, -0.25) is 9.36 Å². The summed E-state index contributed by atoms with van der Waals surface area (Å²) in [6, 6.07) is 7.38. The molecule has 0 spiro atoms. The van der Waals surface area contributed by atoms with E-state index in [2.05, 4.69) is 10.2 Å². The SMILES string of the molecule is CC.CC.CCc1cc(-c2nnc(C(=O)NC(C)C(F)(F)F)n2-c2ccc(C)cc2)c(O)cc1O. The molecule has 10 heteroatoms. The molecule has 3 rings (SSSR count). The average Bonchev–Trinajstić information content (AvgIpc) is 3.26. The van der Waals surface area contributed by atoms with Gasteiger partial charge in [-0.05, 0) is 44.0 Å². The van der Waals surface area contributed by atoms with Crippen molar-refractivity contribution in [3.8, 4) is 28.6 Å². The minimum absolute atomic E-state index is 0.0425. The number of aromatic hydroxyl groups is 2. The topological polar surface area (TPSA) is 100 Å². The Labute approximate surface area is 203 Å². The zero-order valence-electron chi connectivity index (χ0n) is 21.0. The molecule has 1 aromatic heterocycles. The number of aryl methyl sites for hydroxylation is 2. The van der Waals surface area contributed by atoms with Crippen LogP contribution in [-0.4, -0.2) is 43.1 Å². The highest BCUT2D eigenvalue weighted by Gasteiger charge is 2.38. The number of hydrogen-bond donors (Lipinski definition) is 3. The van der Waals surface area contributed by atoms with E-state index in [1.54, 1.807) is 31.2 Å². The third-order valence-electron chi connectivity index (χ3n) is 4.82. The molecule has 0 aliphatic rings. The van der Waals surface area contributed by atoms with Crippen LogP contribution in [0.2, 0.25) is 0 Å². The Balaban J connectivity index is 0.00000145. The van der Waals surface area contributed by atoms with E-state index in [0.29, 0.717) is 17.7 Å². The molecule has 1 unspecified atom stereocenters. The van der Waals surface area contributed by atoms with Gasteiger partial charge in [0.15, 0.2) is 5.82 Å². The lowest BCUT2D eigenvalue weighted by Gasteiger charge is -2.17.